The molecule has 1 atom stereocenters. The zero-order chi connectivity index (χ0) is 14.1. The van der Waals surface area contributed by atoms with Crippen molar-refractivity contribution in [3.8, 4) is 0 Å². The van der Waals surface area contributed by atoms with Crippen molar-refractivity contribution in [2.45, 2.75) is 31.2 Å². The van der Waals surface area contributed by atoms with Gasteiger partial charge in [0.15, 0.2) is 0 Å². The normalized spacial score (nSPS) is 16.8. The van der Waals surface area contributed by atoms with Gasteiger partial charge in [-0.3, -0.25) is 0 Å². The van der Waals surface area contributed by atoms with Gasteiger partial charge in [0, 0.05) is 9.50 Å². The van der Waals surface area contributed by atoms with Crippen LogP contribution >= 0.6 is 27.5 Å². The molecule has 1 nitrogen and oxygen atoms in total. The molecule has 0 aromatic heterocycles. The van der Waals surface area contributed by atoms with Crippen LogP contribution in [0.2, 0.25) is 5.02 Å². The summed E-state index contributed by atoms with van der Waals surface area (Å²) in [5.41, 5.74) is 9.92. The first-order chi connectivity index (χ1) is 9.65. The minimum absolute atomic E-state index is 0.171. The second-order valence-electron chi connectivity index (χ2n) is 5.44. The lowest BCUT2D eigenvalue weighted by Gasteiger charge is -2.26. The van der Waals surface area contributed by atoms with E-state index in [4.69, 9.17) is 17.3 Å². The molecule has 3 heteroatoms. The van der Waals surface area contributed by atoms with Crippen LogP contribution in [-0.4, -0.2) is 0 Å². The molecule has 1 fully saturated rings. The first kappa shape index (κ1) is 14.1. The van der Waals surface area contributed by atoms with E-state index in [0.29, 0.717) is 5.02 Å². The Balaban J connectivity index is 1.91. The summed E-state index contributed by atoms with van der Waals surface area (Å²) >= 11 is 9.73. The van der Waals surface area contributed by atoms with Crippen molar-refractivity contribution in [1.82, 2.24) is 0 Å². The maximum absolute atomic E-state index is 6.40. The number of halogens is 2. The van der Waals surface area contributed by atoms with Gasteiger partial charge in [-0.1, -0.05) is 64.3 Å². The third-order valence-electron chi connectivity index (χ3n) is 4.14. The Hall–Kier alpha value is -0.830. The van der Waals surface area contributed by atoms with E-state index in [2.05, 4.69) is 40.2 Å². The van der Waals surface area contributed by atoms with Gasteiger partial charge in [0.05, 0.1) is 6.04 Å². The Morgan fingerprint density at radius 2 is 1.95 bits per heavy atom. The standard InChI is InChI=1S/C17H17BrClN/c18-14-7-8-15(16(19)10-14)17(20)13-6-2-5-12(9-13)11-3-1-4-11/h2,5-11,17H,1,3-4,20H2. The molecule has 1 unspecified atom stereocenters. The molecule has 2 aromatic rings. The van der Waals surface area contributed by atoms with Crippen molar-refractivity contribution in [3.63, 3.8) is 0 Å². The lowest BCUT2D eigenvalue weighted by Crippen LogP contribution is -2.14. The predicted octanol–water partition coefficient (Wildman–Crippen LogP) is 5.42. The summed E-state index contributed by atoms with van der Waals surface area (Å²) in [4.78, 5) is 0. The highest BCUT2D eigenvalue weighted by atomic mass is 79.9. The molecule has 2 aromatic carbocycles. The molecule has 0 bridgehead atoms. The lowest BCUT2D eigenvalue weighted by molar-refractivity contribution is 0.419. The van der Waals surface area contributed by atoms with E-state index in [1.807, 2.05) is 18.2 Å². The van der Waals surface area contributed by atoms with Crippen molar-refractivity contribution in [2.24, 2.45) is 5.73 Å². The van der Waals surface area contributed by atoms with E-state index in [-0.39, 0.29) is 6.04 Å². The van der Waals surface area contributed by atoms with Gasteiger partial charge in [-0.2, -0.15) is 0 Å². The molecule has 1 aliphatic rings. The Morgan fingerprint density at radius 1 is 1.15 bits per heavy atom. The highest BCUT2D eigenvalue weighted by Crippen LogP contribution is 2.37. The van der Waals surface area contributed by atoms with Crippen molar-refractivity contribution in [3.05, 3.63) is 68.7 Å². The van der Waals surface area contributed by atoms with Gasteiger partial charge in [-0.25, -0.2) is 0 Å². The van der Waals surface area contributed by atoms with E-state index in [1.165, 1.54) is 24.8 Å². The van der Waals surface area contributed by atoms with Gasteiger partial charge in [0.25, 0.3) is 0 Å². The maximum Gasteiger partial charge on any atom is 0.0566 e. The van der Waals surface area contributed by atoms with Crippen LogP contribution in [-0.2, 0) is 0 Å². The number of nitrogens with two attached hydrogens (primary N) is 1. The fourth-order valence-corrected chi connectivity index (χ4v) is 3.47. The monoisotopic (exact) mass is 349 g/mol. The minimum atomic E-state index is -0.171. The van der Waals surface area contributed by atoms with Gasteiger partial charge in [0.1, 0.15) is 0 Å². The van der Waals surface area contributed by atoms with Crippen LogP contribution in [0.1, 0.15) is 47.9 Å². The predicted molar refractivity (Wildman–Crippen MR) is 88.2 cm³/mol. The molecule has 0 aliphatic heterocycles. The Kier molecular flexibility index (Phi) is 4.16. The zero-order valence-corrected chi connectivity index (χ0v) is 13.5. The van der Waals surface area contributed by atoms with E-state index in [0.717, 1.165) is 21.5 Å². The van der Waals surface area contributed by atoms with Crippen molar-refractivity contribution < 1.29 is 0 Å². The fraction of sp³-hybridized carbons (Fsp3) is 0.294. The summed E-state index contributed by atoms with van der Waals surface area (Å²) in [6, 6.07) is 14.4. The third kappa shape index (κ3) is 2.78. The fourth-order valence-electron chi connectivity index (χ4n) is 2.68. The number of hydrogen-bond acceptors (Lipinski definition) is 1. The van der Waals surface area contributed by atoms with Gasteiger partial charge >= 0.3 is 0 Å². The Bertz CT molecular complexity index is 622. The molecule has 104 valence electrons. The van der Waals surface area contributed by atoms with E-state index >= 15 is 0 Å². The summed E-state index contributed by atoms with van der Waals surface area (Å²) in [7, 11) is 0. The number of benzene rings is 2. The minimum Gasteiger partial charge on any atom is -0.320 e. The van der Waals surface area contributed by atoms with Crippen molar-refractivity contribution in [1.29, 1.82) is 0 Å². The second kappa shape index (κ2) is 5.88. The van der Waals surface area contributed by atoms with E-state index < -0.39 is 0 Å². The molecule has 1 aliphatic carbocycles. The highest BCUT2D eigenvalue weighted by molar-refractivity contribution is 9.10. The largest absolute Gasteiger partial charge is 0.320 e. The molecule has 0 heterocycles. The SMILES string of the molecule is NC(c1cccc(C2CCC2)c1)c1ccc(Br)cc1Cl. The van der Waals surface area contributed by atoms with Crippen LogP contribution in [0.3, 0.4) is 0 Å². The molecule has 20 heavy (non-hydrogen) atoms. The first-order valence-corrected chi connectivity index (χ1v) is 8.12. The van der Waals surface area contributed by atoms with Crippen LogP contribution in [0.15, 0.2) is 46.9 Å². The average molecular weight is 351 g/mol. The first-order valence-electron chi connectivity index (χ1n) is 6.95. The maximum atomic E-state index is 6.40. The highest BCUT2D eigenvalue weighted by Gasteiger charge is 2.20. The molecule has 1 saturated carbocycles. The van der Waals surface area contributed by atoms with Gasteiger partial charge in [0.2, 0.25) is 0 Å². The quantitative estimate of drug-likeness (QED) is 0.786. The van der Waals surface area contributed by atoms with Crippen LogP contribution in [0.25, 0.3) is 0 Å². The van der Waals surface area contributed by atoms with Crippen LogP contribution in [0.4, 0.5) is 0 Å². The molecule has 0 radical (unpaired) electrons. The van der Waals surface area contributed by atoms with Crippen molar-refractivity contribution >= 4 is 27.5 Å². The number of rotatable bonds is 3. The summed E-state index contributed by atoms with van der Waals surface area (Å²) < 4.78 is 0.974. The van der Waals surface area contributed by atoms with E-state index in [9.17, 15) is 0 Å². The van der Waals surface area contributed by atoms with Crippen LogP contribution in [0.5, 0.6) is 0 Å². The Labute approximate surface area is 133 Å². The molecule has 3 rings (SSSR count). The average Bonchev–Trinajstić information content (AvgIpc) is 2.36. The smallest absolute Gasteiger partial charge is 0.0566 e. The molecule has 0 amide bonds. The number of hydrogen-bond donors (Lipinski definition) is 1. The zero-order valence-electron chi connectivity index (χ0n) is 11.2. The summed E-state index contributed by atoms with van der Waals surface area (Å²) in [6.45, 7) is 0. The molecule has 2 N–H and O–H groups in total. The Morgan fingerprint density at radius 3 is 2.60 bits per heavy atom. The molecular weight excluding hydrogens is 334 g/mol. The van der Waals surface area contributed by atoms with Gasteiger partial charge in [-0.15, -0.1) is 0 Å². The topological polar surface area (TPSA) is 26.0 Å². The van der Waals surface area contributed by atoms with Crippen molar-refractivity contribution in [2.75, 3.05) is 0 Å². The van der Waals surface area contributed by atoms with Gasteiger partial charge < -0.3 is 5.73 Å². The summed E-state index contributed by atoms with van der Waals surface area (Å²) in [5.74, 6) is 0.725. The summed E-state index contributed by atoms with van der Waals surface area (Å²) in [5, 5.41) is 0.709. The van der Waals surface area contributed by atoms with Crippen LogP contribution < -0.4 is 5.73 Å². The molecule has 0 spiro atoms. The molecular formula is C17H17BrClN. The summed E-state index contributed by atoms with van der Waals surface area (Å²) in [6.07, 6.45) is 3.95. The molecule has 0 saturated heterocycles. The van der Waals surface area contributed by atoms with E-state index in [1.54, 1.807) is 0 Å². The second-order valence-corrected chi connectivity index (χ2v) is 6.76. The van der Waals surface area contributed by atoms with Gasteiger partial charge in [-0.05, 0) is 47.6 Å². The third-order valence-corrected chi connectivity index (χ3v) is 4.96. The lowest BCUT2D eigenvalue weighted by atomic mass is 9.79. The van der Waals surface area contributed by atoms with Crippen LogP contribution in [0, 0.1) is 0 Å².